The van der Waals surface area contributed by atoms with Crippen LogP contribution in [0.25, 0.3) is 0 Å². The maximum Gasteiger partial charge on any atom is 0.0956 e. The van der Waals surface area contributed by atoms with Gasteiger partial charge in [0.05, 0.1) is 19.6 Å². The van der Waals surface area contributed by atoms with Crippen LogP contribution in [0.5, 0.6) is 0 Å². The van der Waals surface area contributed by atoms with Crippen LogP contribution in [0.1, 0.15) is 0 Å². The Bertz CT molecular complexity index is 162. The van der Waals surface area contributed by atoms with Gasteiger partial charge in [0.1, 0.15) is 0 Å². The summed E-state index contributed by atoms with van der Waals surface area (Å²) in [4.78, 5) is 3.86. The van der Waals surface area contributed by atoms with Crippen molar-refractivity contribution in [3.05, 3.63) is 18.7 Å². The first-order valence-electron chi connectivity index (χ1n) is 3.21. The number of aliphatic hydroxyl groups excluding tert-OH is 1. The second-order valence-electron chi connectivity index (χ2n) is 1.96. The van der Waals surface area contributed by atoms with Gasteiger partial charge in [-0.3, -0.25) is 5.32 Å². The molecule has 0 aromatic carbocycles. The fourth-order valence-corrected chi connectivity index (χ4v) is 0.667. The molecule has 1 rings (SSSR count). The SMILES string of the molecule is OCCNCn1ccnc1. The Morgan fingerprint density at radius 1 is 1.60 bits per heavy atom. The zero-order valence-corrected chi connectivity index (χ0v) is 5.70. The Morgan fingerprint density at radius 3 is 3.10 bits per heavy atom. The normalized spacial score (nSPS) is 10.1. The Labute approximate surface area is 59.5 Å². The van der Waals surface area contributed by atoms with Crippen molar-refractivity contribution in [2.24, 2.45) is 0 Å². The second-order valence-corrected chi connectivity index (χ2v) is 1.96. The van der Waals surface area contributed by atoms with E-state index in [1.165, 1.54) is 0 Å². The van der Waals surface area contributed by atoms with Crippen molar-refractivity contribution in [2.75, 3.05) is 13.2 Å². The average molecular weight is 141 g/mol. The number of hydrogen-bond donors (Lipinski definition) is 2. The predicted octanol–water partition coefficient (Wildman–Crippen LogP) is -0.578. The van der Waals surface area contributed by atoms with Gasteiger partial charge in [-0.1, -0.05) is 0 Å². The summed E-state index contributed by atoms with van der Waals surface area (Å²) in [6.45, 7) is 1.51. The van der Waals surface area contributed by atoms with Crippen LogP contribution in [0, 0.1) is 0 Å². The summed E-state index contributed by atoms with van der Waals surface area (Å²) in [5.41, 5.74) is 0. The van der Waals surface area contributed by atoms with E-state index in [9.17, 15) is 0 Å². The number of nitrogens with zero attached hydrogens (tertiary/aromatic N) is 2. The van der Waals surface area contributed by atoms with Crippen LogP contribution in [-0.4, -0.2) is 27.8 Å². The number of imidazole rings is 1. The van der Waals surface area contributed by atoms with Crippen LogP contribution in [0.2, 0.25) is 0 Å². The first-order chi connectivity index (χ1) is 4.93. The quantitative estimate of drug-likeness (QED) is 0.552. The van der Waals surface area contributed by atoms with E-state index in [2.05, 4.69) is 10.3 Å². The van der Waals surface area contributed by atoms with Crippen molar-refractivity contribution in [2.45, 2.75) is 6.67 Å². The van der Waals surface area contributed by atoms with Crippen LogP contribution >= 0.6 is 0 Å². The third kappa shape index (κ3) is 2.16. The number of hydrogen-bond acceptors (Lipinski definition) is 3. The van der Waals surface area contributed by atoms with Crippen molar-refractivity contribution in [3.63, 3.8) is 0 Å². The van der Waals surface area contributed by atoms with Gasteiger partial charge in [-0.2, -0.15) is 0 Å². The van der Waals surface area contributed by atoms with Crippen molar-refractivity contribution in [3.8, 4) is 0 Å². The zero-order chi connectivity index (χ0) is 7.23. The minimum atomic E-state index is 0.175. The number of nitrogens with one attached hydrogen (secondary N) is 1. The van der Waals surface area contributed by atoms with Gasteiger partial charge in [0.25, 0.3) is 0 Å². The van der Waals surface area contributed by atoms with Gasteiger partial charge < -0.3 is 9.67 Å². The lowest BCUT2D eigenvalue weighted by Gasteiger charge is -2.01. The lowest BCUT2D eigenvalue weighted by atomic mass is 10.7. The molecule has 0 amide bonds. The van der Waals surface area contributed by atoms with Gasteiger partial charge >= 0.3 is 0 Å². The van der Waals surface area contributed by atoms with Crippen LogP contribution in [0.4, 0.5) is 0 Å². The minimum absolute atomic E-state index is 0.175. The Balaban J connectivity index is 2.15. The van der Waals surface area contributed by atoms with Gasteiger partial charge in [0, 0.05) is 18.9 Å². The first-order valence-corrected chi connectivity index (χ1v) is 3.21. The molecule has 0 saturated carbocycles. The van der Waals surface area contributed by atoms with Crippen LogP contribution in [-0.2, 0) is 6.67 Å². The molecule has 1 aromatic rings. The molecule has 0 aliphatic rings. The molecule has 0 aliphatic heterocycles. The number of rotatable bonds is 4. The smallest absolute Gasteiger partial charge is 0.0956 e. The molecule has 56 valence electrons. The topological polar surface area (TPSA) is 50.1 Å². The van der Waals surface area contributed by atoms with E-state index in [0.29, 0.717) is 13.2 Å². The molecule has 0 unspecified atom stereocenters. The summed E-state index contributed by atoms with van der Waals surface area (Å²) < 4.78 is 1.90. The lowest BCUT2D eigenvalue weighted by molar-refractivity contribution is 0.287. The van der Waals surface area contributed by atoms with Crippen molar-refractivity contribution in [1.29, 1.82) is 0 Å². The third-order valence-electron chi connectivity index (χ3n) is 1.14. The van der Waals surface area contributed by atoms with Crippen molar-refractivity contribution in [1.82, 2.24) is 14.9 Å². The molecule has 0 bridgehead atoms. The number of aromatic nitrogens is 2. The monoisotopic (exact) mass is 141 g/mol. The molecular formula is C6H11N3O. The highest BCUT2D eigenvalue weighted by Gasteiger charge is 1.85. The molecule has 1 aromatic heterocycles. The fourth-order valence-electron chi connectivity index (χ4n) is 0.667. The van der Waals surface area contributed by atoms with Gasteiger partial charge in [-0.05, 0) is 0 Å². The summed E-state index contributed by atoms with van der Waals surface area (Å²) in [7, 11) is 0. The summed E-state index contributed by atoms with van der Waals surface area (Å²) >= 11 is 0. The molecule has 10 heavy (non-hydrogen) atoms. The molecule has 4 heteroatoms. The largest absolute Gasteiger partial charge is 0.395 e. The second kappa shape index (κ2) is 4.03. The maximum absolute atomic E-state index is 8.41. The summed E-state index contributed by atoms with van der Waals surface area (Å²) in [6, 6.07) is 0. The van der Waals surface area contributed by atoms with Gasteiger partial charge in [0.15, 0.2) is 0 Å². The standard InChI is InChI=1S/C6H11N3O/c10-4-2-8-6-9-3-1-7-5-9/h1,3,5,8,10H,2,4,6H2. The Hall–Kier alpha value is -0.870. The van der Waals surface area contributed by atoms with Crippen LogP contribution in [0.3, 0.4) is 0 Å². The van der Waals surface area contributed by atoms with Gasteiger partial charge in [0.2, 0.25) is 0 Å². The fraction of sp³-hybridized carbons (Fsp3) is 0.500. The van der Waals surface area contributed by atoms with E-state index in [1.54, 1.807) is 12.5 Å². The van der Waals surface area contributed by atoms with E-state index in [4.69, 9.17) is 5.11 Å². The van der Waals surface area contributed by atoms with E-state index in [1.807, 2.05) is 10.8 Å². The van der Waals surface area contributed by atoms with E-state index < -0.39 is 0 Å². The predicted molar refractivity (Wildman–Crippen MR) is 37.3 cm³/mol. The third-order valence-corrected chi connectivity index (χ3v) is 1.14. The number of aliphatic hydroxyl groups is 1. The molecule has 0 radical (unpaired) electrons. The first kappa shape index (κ1) is 7.24. The Morgan fingerprint density at radius 2 is 2.50 bits per heavy atom. The van der Waals surface area contributed by atoms with Gasteiger partial charge in [-0.15, -0.1) is 0 Å². The van der Waals surface area contributed by atoms with E-state index >= 15 is 0 Å². The minimum Gasteiger partial charge on any atom is -0.395 e. The molecule has 0 spiro atoms. The molecule has 4 nitrogen and oxygen atoms in total. The van der Waals surface area contributed by atoms with E-state index in [0.717, 1.165) is 0 Å². The van der Waals surface area contributed by atoms with Gasteiger partial charge in [-0.25, -0.2) is 4.98 Å². The van der Waals surface area contributed by atoms with Crippen LogP contribution < -0.4 is 5.32 Å². The molecular weight excluding hydrogens is 130 g/mol. The molecule has 0 saturated heterocycles. The van der Waals surface area contributed by atoms with E-state index in [-0.39, 0.29) is 6.61 Å². The summed E-state index contributed by atoms with van der Waals surface area (Å²) in [5, 5.41) is 11.4. The van der Waals surface area contributed by atoms with Crippen LogP contribution in [0.15, 0.2) is 18.7 Å². The molecule has 0 atom stereocenters. The highest BCUT2D eigenvalue weighted by Crippen LogP contribution is 1.80. The van der Waals surface area contributed by atoms with Crippen molar-refractivity contribution < 1.29 is 5.11 Å². The molecule has 0 aliphatic carbocycles. The lowest BCUT2D eigenvalue weighted by Crippen LogP contribution is -2.20. The zero-order valence-electron chi connectivity index (χ0n) is 5.70. The summed E-state index contributed by atoms with van der Waals surface area (Å²) in [5.74, 6) is 0. The average Bonchev–Trinajstić information content (AvgIpc) is 2.41. The van der Waals surface area contributed by atoms with Crippen molar-refractivity contribution >= 4 is 0 Å². The highest BCUT2D eigenvalue weighted by molar-refractivity contribution is 4.72. The maximum atomic E-state index is 8.41. The molecule has 1 heterocycles. The highest BCUT2D eigenvalue weighted by atomic mass is 16.3. The molecule has 2 N–H and O–H groups in total. The Kier molecular flexibility index (Phi) is 2.92. The summed E-state index contributed by atoms with van der Waals surface area (Å²) in [6.07, 6.45) is 5.31. The molecule has 0 fully saturated rings.